The molecule has 21 heavy (non-hydrogen) atoms. The summed E-state index contributed by atoms with van der Waals surface area (Å²) in [4.78, 5) is 12.2. The zero-order chi connectivity index (χ0) is 15.6. The van der Waals surface area contributed by atoms with Crippen LogP contribution in [0.5, 0.6) is 5.75 Å². The number of benzene rings is 1. The van der Waals surface area contributed by atoms with Crippen LogP contribution in [0.15, 0.2) is 27.4 Å². The van der Waals surface area contributed by atoms with Gasteiger partial charge in [0.15, 0.2) is 0 Å². The van der Waals surface area contributed by atoms with E-state index in [1.165, 1.54) is 6.07 Å². The lowest BCUT2D eigenvalue weighted by atomic mass is 9.79. The monoisotopic (exact) mass is 288 g/mol. The van der Waals surface area contributed by atoms with E-state index in [1.54, 1.807) is 6.07 Å². The molecule has 2 rings (SSSR count). The Balaban J connectivity index is 2.41. The van der Waals surface area contributed by atoms with Crippen LogP contribution in [0.4, 0.5) is 0 Å². The van der Waals surface area contributed by atoms with Crippen LogP contribution in [0.1, 0.15) is 51.2 Å². The highest BCUT2D eigenvalue weighted by Crippen LogP contribution is 2.32. The lowest BCUT2D eigenvalue weighted by Crippen LogP contribution is -2.18. The molecule has 0 bridgehead atoms. The molecular weight excluding hydrogens is 264 g/mol. The van der Waals surface area contributed by atoms with Crippen molar-refractivity contribution in [2.75, 3.05) is 0 Å². The van der Waals surface area contributed by atoms with Gasteiger partial charge in [-0.15, -0.1) is 0 Å². The number of rotatable bonds is 5. The average molecular weight is 288 g/mol. The van der Waals surface area contributed by atoms with E-state index in [2.05, 4.69) is 20.8 Å². The first-order valence-electron chi connectivity index (χ1n) is 7.65. The minimum Gasteiger partial charge on any atom is -0.508 e. The number of phenols is 1. The topological polar surface area (TPSA) is 50.4 Å². The van der Waals surface area contributed by atoms with Crippen LogP contribution in [-0.4, -0.2) is 5.11 Å². The molecule has 0 unspecified atom stereocenters. The van der Waals surface area contributed by atoms with Crippen LogP contribution in [0.25, 0.3) is 11.0 Å². The van der Waals surface area contributed by atoms with E-state index in [9.17, 15) is 9.90 Å². The first-order chi connectivity index (χ1) is 9.90. The van der Waals surface area contributed by atoms with Crippen molar-refractivity contribution >= 4 is 11.0 Å². The number of phenolic OH excluding ortho intramolecular Hbond substituents is 1. The van der Waals surface area contributed by atoms with Crippen molar-refractivity contribution in [3.05, 3.63) is 39.7 Å². The lowest BCUT2D eigenvalue weighted by Gasteiger charge is -2.26. The molecule has 0 radical (unpaired) electrons. The van der Waals surface area contributed by atoms with E-state index < -0.39 is 0 Å². The Labute approximate surface area is 125 Å². The molecular formula is C18H24O3. The molecule has 1 aromatic carbocycles. The molecule has 0 spiro atoms. The number of aromatic hydroxyl groups is 1. The minimum absolute atomic E-state index is 0.113. The lowest BCUT2D eigenvalue weighted by molar-refractivity contribution is 0.272. The quantitative estimate of drug-likeness (QED) is 0.820. The van der Waals surface area contributed by atoms with Crippen molar-refractivity contribution in [2.45, 2.75) is 53.4 Å². The fraction of sp³-hybridized carbons (Fsp3) is 0.500. The maximum atomic E-state index is 12.2. The summed E-state index contributed by atoms with van der Waals surface area (Å²) in [5.74, 6) is 0.113. The Bertz CT molecular complexity index is 693. The average Bonchev–Trinajstić information content (AvgIpc) is 2.46. The van der Waals surface area contributed by atoms with Gasteiger partial charge in [-0.2, -0.15) is 0 Å². The van der Waals surface area contributed by atoms with Crippen molar-refractivity contribution < 1.29 is 9.52 Å². The smallest absolute Gasteiger partial charge is 0.339 e. The summed E-state index contributed by atoms with van der Waals surface area (Å²) in [6.45, 7) is 8.62. The van der Waals surface area contributed by atoms with Crippen molar-refractivity contribution in [3.63, 3.8) is 0 Å². The highest BCUT2D eigenvalue weighted by atomic mass is 16.4. The minimum atomic E-state index is -0.278. The van der Waals surface area contributed by atoms with Gasteiger partial charge in [0, 0.05) is 17.0 Å². The summed E-state index contributed by atoms with van der Waals surface area (Å²) >= 11 is 0. The first-order valence-corrected chi connectivity index (χ1v) is 7.65. The van der Waals surface area contributed by atoms with Gasteiger partial charge in [-0.3, -0.25) is 0 Å². The third-order valence-corrected chi connectivity index (χ3v) is 4.96. The fourth-order valence-corrected chi connectivity index (χ4v) is 2.70. The molecule has 0 aliphatic carbocycles. The van der Waals surface area contributed by atoms with Crippen LogP contribution < -0.4 is 5.63 Å². The Morgan fingerprint density at radius 3 is 2.52 bits per heavy atom. The van der Waals surface area contributed by atoms with Gasteiger partial charge in [-0.1, -0.05) is 33.6 Å². The van der Waals surface area contributed by atoms with Gasteiger partial charge >= 0.3 is 5.63 Å². The van der Waals surface area contributed by atoms with Crippen molar-refractivity contribution in [2.24, 2.45) is 5.41 Å². The summed E-state index contributed by atoms with van der Waals surface area (Å²) in [6, 6.07) is 4.93. The van der Waals surface area contributed by atoms with Gasteiger partial charge in [0.25, 0.3) is 0 Å². The van der Waals surface area contributed by atoms with Crippen LogP contribution in [0, 0.1) is 12.3 Å². The Hall–Kier alpha value is -1.77. The van der Waals surface area contributed by atoms with Gasteiger partial charge in [0.1, 0.15) is 11.3 Å². The van der Waals surface area contributed by atoms with E-state index >= 15 is 0 Å². The predicted molar refractivity (Wildman–Crippen MR) is 85.9 cm³/mol. The normalized spacial score (nSPS) is 12.0. The third-order valence-electron chi connectivity index (χ3n) is 4.96. The molecule has 0 aliphatic rings. The van der Waals surface area contributed by atoms with Gasteiger partial charge < -0.3 is 9.52 Å². The first kappa shape index (κ1) is 15.6. The highest BCUT2D eigenvalue weighted by Gasteiger charge is 2.21. The molecule has 1 aromatic heterocycles. The van der Waals surface area contributed by atoms with E-state index in [4.69, 9.17) is 4.42 Å². The molecule has 0 fully saturated rings. The molecule has 1 N–H and O–H groups in total. The summed E-state index contributed by atoms with van der Waals surface area (Å²) in [5, 5.41) is 10.4. The Morgan fingerprint density at radius 1 is 1.24 bits per heavy atom. The molecule has 0 saturated carbocycles. The van der Waals surface area contributed by atoms with Crippen molar-refractivity contribution in [3.8, 4) is 5.75 Å². The van der Waals surface area contributed by atoms with E-state index in [1.807, 2.05) is 13.0 Å². The summed E-state index contributed by atoms with van der Waals surface area (Å²) < 4.78 is 5.37. The molecule has 0 saturated heterocycles. The van der Waals surface area contributed by atoms with Crippen LogP contribution >= 0.6 is 0 Å². The molecule has 0 atom stereocenters. The summed E-state index contributed by atoms with van der Waals surface area (Å²) in [7, 11) is 0. The molecule has 1 heterocycles. The molecule has 2 aromatic rings. The summed E-state index contributed by atoms with van der Waals surface area (Å²) in [6.07, 6.45) is 3.93. The second-order valence-electron chi connectivity index (χ2n) is 6.19. The SMILES string of the molecule is CCC(C)(CC)CCc1c(C)c2ccc(O)cc2oc1=O. The van der Waals surface area contributed by atoms with Crippen molar-refractivity contribution in [1.82, 2.24) is 0 Å². The maximum absolute atomic E-state index is 12.2. The zero-order valence-electron chi connectivity index (χ0n) is 13.3. The number of hydrogen-bond donors (Lipinski definition) is 1. The molecule has 3 heteroatoms. The van der Waals surface area contributed by atoms with Gasteiger partial charge in [-0.25, -0.2) is 4.79 Å². The molecule has 114 valence electrons. The molecule has 0 amide bonds. The van der Waals surface area contributed by atoms with Gasteiger partial charge in [0.2, 0.25) is 0 Å². The maximum Gasteiger partial charge on any atom is 0.339 e. The van der Waals surface area contributed by atoms with Crippen molar-refractivity contribution in [1.29, 1.82) is 0 Å². The molecule has 3 nitrogen and oxygen atoms in total. The van der Waals surface area contributed by atoms with Crippen LogP contribution in [0.2, 0.25) is 0 Å². The highest BCUT2D eigenvalue weighted by molar-refractivity contribution is 5.82. The van der Waals surface area contributed by atoms with E-state index in [0.717, 1.165) is 42.2 Å². The van der Waals surface area contributed by atoms with Crippen LogP contribution in [-0.2, 0) is 6.42 Å². The zero-order valence-corrected chi connectivity index (χ0v) is 13.3. The van der Waals surface area contributed by atoms with Gasteiger partial charge in [0.05, 0.1) is 0 Å². The van der Waals surface area contributed by atoms with E-state index in [0.29, 0.717) is 5.58 Å². The third kappa shape index (κ3) is 3.12. The number of aryl methyl sites for hydroxylation is 1. The fourth-order valence-electron chi connectivity index (χ4n) is 2.70. The largest absolute Gasteiger partial charge is 0.508 e. The van der Waals surface area contributed by atoms with Gasteiger partial charge in [-0.05, 0) is 42.9 Å². The number of fused-ring (bicyclic) bond motifs is 1. The van der Waals surface area contributed by atoms with Crippen LogP contribution in [0.3, 0.4) is 0 Å². The second-order valence-corrected chi connectivity index (χ2v) is 6.19. The molecule has 0 aliphatic heterocycles. The Morgan fingerprint density at radius 2 is 1.90 bits per heavy atom. The standard InChI is InChI=1S/C18H24O3/c1-5-18(4,6-2)10-9-15-12(3)14-8-7-13(19)11-16(14)21-17(15)20/h7-8,11,19H,5-6,9-10H2,1-4H3. The summed E-state index contributed by atoms with van der Waals surface area (Å²) in [5.41, 5.74) is 2.18. The number of hydrogen-bond acceptors (Lipinski definition) is 3. The second kappa shape index (κ2) is 5.92. The predicted octanol–water partition coefficient (Wildman–Crippen LogP) is 4.57. The van der Waals surface area contributed by atoms with E-state index in [-0.39, 0.29) is 16.8 Å². The Kier molecular flexibility index (Phi) is 4.40.